The molecular formula is C8H7F4NO2. The molecule has 7 heteroatoms. The van der Waals surface area contributed by atoms with E-state index in [4.69, 9.17) is 10.8 Å². The largest absolute Gasteiger partial charge is 0.573 e. The molecule has 0 spiro atoms. The predicted octanol–water partition coefficient (Wildman–Crippen LogP) is 1.80. The van der Waals surface area contributed by atoms with Gasteiger partial charge in [0.25, 0.3) is 0 Å². The van der Waals surface area contributed by atoms with Gasteiger partial charge in [-0.15, -0.1) is 13.2 Å². The highest BCUT2D eigenvalue weighted by Gasteiger charge is 2.31. The molecule has 15 heavy (non-hydrogen) atoms. The Morgan fingerprint density at radius 3 is 2.40 bits per heavy atom. The van der Waals surface area contributed by atoms with Crippen LogP contribution in [-0.4, -0.2) is 11.5 Å². The maximum absolute atomic E-state index is 13.0. The fraction of sp³-hybridized carbons (Fsp3) is 0.250. The van der Waals surface area contributed by atoms with Crippen LogP contribution in [0.1, 0.15) is 5.56 Å². The van der Waals surface area contributed by atoms with Crippen molar-refractivity contribution in [2.24, 2.45) is 0 Å². The quantitative estimate of drug-likeness (QED) is 0.596. The lowest BCUT2D eigenvalue weighted by Gasteiger charge is -2.11. The fourth-order valence-corrected chi connectivity index (χ4v) is 0.986. The Bertz CT molecular complexity index is 364. The van der Waals surface area contributed by atoms with Gasteiger partial charge in [0.15, 0.2) is 5.82 Å². The van der Waals surface area contributed by atoms with E-state index < -0.39 is 30.2 Å². The minimum atomic E-state index is -4.88. The van der Waals surface area contributed by atoms with E-state index in [1.165, 1.54) is 0 Å². The van der Waals surface area contributed by atoms with Crippen molar-refractivity contribution in [2.45, 2.75) is 13.0 Å². The topological polar surface area (TPSA) is 55.5 Å². The Hall–Kier alpha value is -1.50. The molecule has 0 amide bonds. The summed E-state index contributed by atoms with van der Waals surface area (Å²) in [6.45, 7) is -0.759. The highest BCUT2D eigenvalue weighted by molar-refractivity contribution is 5.49. The van der Waals surface area contributed by atoms with Crippen molar-refractivity contribution in [3.63, 3.8) is 0 Å². The van der Waals surface area contributed by atoms with Gasteiger partial charge in [-0.2, -0.15) is 0 Å². The molecule has 0 unspecified atom stereocenters. The first-order valence-corrected chi connectivity index (χ1v) is 3.78. The van der Waals surface area contributed by atoms with Crippen molar-refractivity contribution in [3.8, 4) is 5.75 Å². The molecule has 0 radical (unpaired) electrons. The van der Waals surface area contributed by atoms with Crippen LogP contribution in [0.3, 0.4) is 0 Å². The molecule has 1 rings (SSSR count). The number of aliphatic hydroxyl groups is 1. The van der Waals surface area contributed by atoms with Gasteiger partial charge in [0, 0.05) is 11.6 Å². The summed E-state index contributed by atoms with van der Waals surface area (Å²) in [5.74, 6) is -1.61. The number of alkyl halides is 3. The average Bonchev–Trinajstić information content (AvgIpc) is 2.08. The van der Waals surface area contributed by atoms with Crippen molar-refractivity contribution in [3.05, 3.63) is 23.5 Å². The number of anilines is 1. The van der Waals surface area contributed by atoms with Gasteiger partial charge >= 0.3 is 6.36 Å². The Morgan fingerprint density at radius 2 is 1.93 bits per heavy atom. The summed E-state index contributed by atoms with van der Waals surface area (Å²) >= 11 is 0. The molecule has 84 valence electrons. The maximum atomic E-state index is 13.0. The lowest BCUT2D eigenvalue weighted by Crippen LogP contribution is -2.17. The Morgan fingerprint density at radius 1 is 1.33 bits per heavy atom. The van der Waals surface area contributed by atoms with Gasteiger partial charge < -0.3 is 15.6 Å². The minimum Gasteiger partial charge on any atom is -0.406 e. The molecule has 0 aliphatic rings. The molecule has 1 aromatic rings. The molecule has 3 N–H and O–H groups in total. The first-order valence-electron chi connectivity index (χ1n) is 3.78. The third kappa shape index (κ3) is 2.98. The summed E-state index contributed by atoms with van der Waals surface area (Å²) in [6.07, 6.45) is -4.88. The summed E-state index contributed by atoms with van der Waals surface area (Å²) in [5.41, 5.74) is 4.22. The van der Waals surface area contributed by atoms with E-state index in [0.717, 1.165) is 6.07 Å². The first kappa shape index (κ1) is 11.6. The van der Waals surface area contributed by atoms with E-state index in [-0.39, 0.29) is 5.56 Å². The SMILES string of the molecule is Nc1cc(OC(F)(F)F)cc(CO)c1F. The zero-order valence-electron chi connectivity index (χ0n) is 7.31. The Labute approximate surface area is 82.1 Å². The van der Waals surface area contributed by atoms with Crippen LogP contribution in [0.2, 0.25) is 0 Å². The zero-order chi connectivity index (χ0) is 11.6. The van der Waals surface area contributed by atoms with Crippen LogP contribution < -0.4 is 10.5 Å². The molecule has 0 aromatic heterocycles. The van der Waals surface area contributed by atoms with Gasteiger partial charge in [0.2, 0.25) is 0 Å². The molecule has 0 aliphatic carbocycles. The van der Waals surface area contributed by atoms with Gasteiger partial charge in [-0.25, -0.2) is 4.39 Å². The maximum Gasteiger partial charge on any atom is 0.573 e. The second-order valence-electron chi connectivity index (χ2n) is 2.69. The molecule has 0 heterocycles. The van der Waals surface area contributed by atoms with E-state index in [2.05, 4.69) is 4.74 Å². The van der Waals surface area contributed by atoms with Crippen LogP contribution >= 0.6 is 0 Å². The molecule has 0 saturated heterocycles. The average molecular weight is 225 g/mol. The van der Waals surface area contributed by atoms with Gasteiger partial charge in [-0.3, -0.25) is 0 Å². The Kier molecular flexibility index (Phi) is 3.04. The highest BCUT2D eigenvalue weighted by atomic mass is 19.4. The number of rotatable bonds is 2. The monoisotopic (exact) mass is 225 g/mol. The molecule has 0 fully saturated rings. The van der Waals surface area contributed by atoms with Crippen LogP contribution in [0.15, 0.2) is 12.1 Å². The molecule has 0 bridgehead atoms. The van der Waals surface area contributed by atoms with Crippen molar-refractivity contribution in [1.29, 1.82) is 0 Å². The van der Waals surface area contributed by atoms with Crippen LogP contribution in [0, 0.1) is 5.82 Å². The molecule has 0 saturated carbocycles. The number of nitrogens with two attached hydrogens (primary N) is 1. The summed E-state index contributed by atoms with van der Waals surface area (Å²) in [4.78, 5) is 0. The number of aliphatic hydroxyl groups excluding tert-OH is 1. The van der Waals surface area contributed by atoms with E-state index in [0.29, 0.717) is 6.07 Å². The lowest BCUT2D eigenvalue weighted by molar-refractivity contribution is -0.274. The number of hydrogen-bond donors (Lipinski definition) is 2. The molecular weight excluding hydrogens is 218 g/mol. The van der Waals surface area contributed by atoms with Crippen LogP contribution in [0.4, 0.5) is 23.2 Å². The van der Waals surface area contributed by atoms with Crippen LogP contribution in [-0.2, 0) is 6.61 Å². The minimum absolute atomic E-state index is 0.353. The zero-order valence-corrected chi connectivity index (χ0v) is 7.31. The van der Waals surface area contributed by atoms with Crippen molar-refractivity contribution >= 4 is 5.69 Å². The third-order valence-electron chi connectivity index (χ3n) is 1.55. The van der Waals surface area contributed by atoms with Gasteiger partial charge in [-0.05, 0) is 6.07 Å². The second kappa shape index (κ2) is 3.93. The summed E-state index contributed by atoms with van der Waals surface area (Å²) in [7, 11) is 0. The number of nitrogen functional groups attached to an aromatic ring is 1. The van der Waals surface area contributed by atoms with Crippen molar-refractivity contribution in [2.75, 3.05) is 5.73 Å². The molecule has 0 aliphatic heterocycles. The number of ether oxygens (including phenoxy) is 1. The number of halogens is 4. The van der Waals surface area contributed by atoms with E-state index in [9.17, 15) is 17.6 Å². The normalized spacial score (nSPS) is 11.5. The molecule has 0 atom stereocenters. The van der Waals surface area contributed by atoms with Crippen molar-refractivity contribution < 1.29 is 27.4 Å². The smallest absolute Gasteiger partial charge is 0.406 e. The van der Waals surface area contributed by atoms with E-state index in [1.54, 1.807) is 0 Å². The summed E-state index contributed by atoms with van der Waals surface area (Å²) < 4.78 is 51.9. The van der Waals surface area contributed by atoms with Gasteiger partial charge in [0.05, 0.1) is 12.3 Å². The number of hydrogen-bond acceptors (Lipinski definition) is 3. The van der Waals surface area contributed by atoms with Crippen LogP contribution in [0.5, 0.6) is 5.75 Å². The summed E-state index contributed by atoms with van der Waals surface area (Å²) in [5, 5.41) is 8.63. The fourth-order valence-electron chi connectivity index (χ4n) is 0.986. The van der Waals surface area contributed by atoms with Crippen LogP contribution in [0.25, 0.3) is 0 Å². The lowest BCUT2D eigenvalue weighted by atomic mass is 10.2. The number of benzene rings is 1. The predicted molar refractivity (Wildman–Crippen MR) is 43.4 cm³/mol. The summed E-state index contributed by atoms with van der Waals surface area (Å²) in [6, 6.07) is 1.43. The molecule has 3 nitrogen and oxygen atoms in total. The van der Waals surface area contributed by atoms with Crippen molar-refractivity contribution in [1.82, 2.24) is 0 Å². The first-order chi connectivity index (χ1) is 6.83. The van der Waals surface area contributed by atoms with E-state index in [1.807, 2.05) is 0 Å². The second-order valence-corrected chi connectivity index (χ2v) is 2.69. The third-order valence-corrected chi connectivity index (χ3v) is 1.55. The Balaban J connectivity index is 3.06. The standard InChI is InChI=1S/C8H7F4NO2/c9-7-4(3-14)1-5(2-6(7)13)15-8(10,11)12/h1-2,14H,3,13H2. The van der Waals surface area contributed by atoms with E-state index >= 15 is 0 Å². The highest BCUT2D eigenvalue weighted by Crippen LogP contribution is 2.28. The van der Waals surface area contributed by atoms with Gasteiger partial charge in [0.1, 0.15) is 5.75 Å². The molecule has 1 aromatic carbocycles. The van der Waals surface area contributed by atoms with Gasteiger partial charge in [-0.1, -0.05) is 0 Å².